The fraction of sp³-hybridized carbons (Fsp3) is 0.130. The van der Waals surface area contributed by atoms with Gasteiger partial charge in [0, 0.05) is 52.8 Å². The number of nitrogens with one attached hydrogen (secondary N) is 2. The molecule has 158 valence electrons. The quantitative estimate of drug-likeness (QED) is 0.428. The summed E-state index contributed by atoms with van der Waals surface area (Å²) in [5.41, 5.74) is 6.78. The fourth-order valence-corrected chi connectivity index (χ4v) is 4.27. The molecule has 0 unspecified atom stereocenters. The molecule has 0 aliphatic carbocycles. The van der Waals surface area contributed by atoms with E-state index in [1.165, 1.54) is 12.1 Å². The predicted octanol–water partition coefficient (Wildman–Crippen LogP) is 4.45. The van der Waals surface area contributed by atoms with E-state index in [2.05, 4.69) is 25.6 Å². The number of H-pyrrole nitrogens is 1. The summed E-state index contributed by atoms with van der Waals surface area (Å²) in [6, 6.07) is 10.2. The van der Waals surface area contributed by atoms with Gasteiger partial charge < -0.3 is 5.32 Å². The van der Waals surface area contributed by atoms with Crippen molar-refractivity contribution in [3.63, 3.8) is 0 Å². The summed E-state index contributed by atoms with van der Waals surface area (Å²) in [6.07, 6.45) is 5.44. The number of nitrogens with zero attached hydrogens (tertiary/aromatic N) is 5. The molecule has 0 bridgehead atoms. The molecule has 1 aliphatic rings. The van der Waals surface area contributed by atoms with Crippen molar-refractivity contribution in [2.45, 2.75) is 13.1 Å². The van der Waals surface area contributed by atoms with Gasteiger partial charge >= 0.3 is 0 Å². The zero-order chi connectivity index (χ0) is 21.7. The van der Waals surface area contributed by atoms with E-state index in [9.17, 15) is 4.39 Å². The molecule has 0 atom stereocenters. The van der Waals surface area contributed by atoms with Gasteiger partial charge in [-0.15, -0.1) is 0 Å². The number of hydrogen-bond acceptors (Lipinski definition) is 5. The average molecular weight is 446 g/mol. The highest BCUT2D eigenvalue weighted by Gasteiger charge is 2.18. The van der Waals surface area contributed by atoms with Crippen molar-refractivity contribution in [3.05, 3.63) is 71.5 Å². The Balaban J connectivity index is 1.45. The van der Waals surface area contributed by atoms with Gasteiger partial charge in [-0.1, -0.05) is 11.6 Å². The van der Waals surface area contributed by atoms with Crippen LogP contribution in [0, 0.1) is 5.82 Å². The Labute approximate surface area is 187 Å². The molecule has 5 heterocycles. The van der Waals surface area contributed by atoms with Crippen molar-refractivity contribution in [2.24, 2.45) is 0 Å². The highest BCUT2D eigenvalue weighted by molar-refractivity contribution is 6.30. The Kier molecular flexibility index (Phi) is 4.48. The zero-order valence-electron chi connectivity index (χ0n) is 16.8. The molecular formula is C23H17ClFN7. The summed E-state index contributed by atoms with van der Waals surface area (Å²) in [6.45, 7) is 2.53. The monoisotopic (exact) mass is 445 g/mol. The molecule has 7 nitrogen and oxygen atoms in total. The minimum absolute atomic E-state index is 0.321. The van der Waals surface area contributed by atoms with E-state index >= 15 is 0 Å². The third-order valence-electron chi connectivity index (χ3n) is 5.69. The smallest absolute Gasteiger partial charge is 0.132 e. The molecule has 0 saturated heterocycles. The molecule has 32 heavy (non-hydrogen) atoms. The van der Waals surface area contributed by atoms with Gasteiger partial charge in [0.1, 0.15) is 11.5 Å². The molecule has 6 rings (SSSR count). The van der Waals surface area contributed by atoms with E-state index < -0.39 is 5.82 Å². The SMILES string of the molecule is Fc1ccc(Cl)cc1-c1n[nH]cc1-c1ccc2ncc(-c3cnn4c3CNCC4)cc2n1. The summed E-state index contributed by atoms with van der Waals surface area (Å²) in [5.74, 6) is -0.396. The van der Waals surface area contributed by atoms with Crippen molar-refractivity contribution in [2.75, 3.05) is 6.54 Å². The van der Waals surface area contributed by atoms with Gasteiger partial charge in [0.05, 0.1) is 35.2 Å². The summed E-state index contributed by atoms with van der Waals surface area (Å²) in [5, 5.41) is 15.4. The fourth-order valence-electron chi connectivity index (χ4n) is 4.10. The van der Waals surface area contributed by atoms with Crippen LogP contribution in [-0.2, 0) is 13.1 Å². The standard InChI is InChI=1S/C23H17ClFN7/c24-14-1-2-18(25)15(8-14)23-17(10-28-31-23)19-3-4-20-21(30-19)7-13(9-27-20)16-11-29-32-6-5-26-12-22(16)32/h1-4,7-11,26H,5-6,12H2,(H,28,31). The Morgan fingerprint density at radius 1 is 1.00 bits per heavy atom. The van der Waals surface area contributed by atoms with Crippen molar-refractivity contribution >= 4 is 22.6 Å². The number of fused-ring (bicyclic) bond motifs is 2. The third-order valence-corrected chi connectivity index (χ3v) is 5.92. The number of halogens is 2. The zero-order valence-corrected chi connectivity index (χ0v) is 17.6. The molecule has 0 spiro atoms. The Morgan fingerprint density at radius 2 is 1.94 bits per heavy atom. The van der Waals surface area contributed by atoms with Gasteiger partial charge in [-0.3, -0.25) is 14.8 Å². The lowest BCUT2D eigenvalue weighted by Crippen LogP contribution is -2.28. The van der Waals surface area contributed by atoms with Crippen molar-refractivity contribution in [3.8, 4) is 33.6 Å². The first kappa shape index (κ1) is 19.1. The van der Waals surface area contributed by atoms with Crippen LogP contribution in [0.1, 0.15) is 5.69 Å². The number of aromatic nitrogens is 6. The lowest BCUT2D eigenvalue weighted by Gasteiger charge is -2.16. The molecule has 0 amide bonds. The highest BCUT2D eigenvalue weighted by atomic mass is 35.5. The van der Waals surface area contributed by atoms with Gasteiger partial charge in [0.15, 0.2) is 0 Å². The van der Waals surface area contributed by atoms with E-state index in [1.54, 1.807) is 12.3 Å². The van der Waals surface area contributed by atoms with Crippen molar-refractivity contribution in [1.29, 1.82) is 0 Å². The van der Waals surface area contributed by atoms with Crippen LogP contribution in [-0.4, -0.2) is 36.5 Å². The lowest BCUT2D eigenvalue weighted by molar-refractivity contribution is 0.476. The number of aromatic amines is 1. The third kappa shape index (κ3) is 3.16. The van der Waals surface area contributed by atoms with Gasteiger partial charge in [-0.25, -0.2) is 9.37 Å². The molecule has 1 aromatic carbocycles. The summed E-state index contributed by atoms with van der Waals surface area (Å²) >= 11 is 6.09. The normalized spacial score (nSPS) is 13.4. The Hall–Kier alpha value is -3.62. The minimum atomic E-state index is -0.396. The molecule has 5 aromatic rings. The topological polar surface area (TPSA) is 84.3 Å². The van der Waals surface area contributed by atoms with Crippen LogP contribution in [0.25, 0.3) is 44.7 Å². The maximum Gasteiger partial charge on any atom is 0.132 e. The van der Waals surface area contributed by atoms with Crippen LogP contribution in [0.4, 0.5) is 4.39 Å². The molecule has 0 fully saturated rings. The van der Waals surface area contributed by atoms with Gasteiger partial charge in [0.2, 0.25) is 0 Å². The molecule has 0 radical (unpaired) electrons. The van der Waals surface area contributed by atoms with E-state index in [4.69, 9.17) is 16.6 Å². The first-order chi connectivity index (χ1) is 15.7. The van der Waals surface area contributed by atoms with Gasteiger partial charge in [-0.2, -0.15) is 10.2 Å². The predicted molar refractivity (Wildman–Crippen MR) is 120 cm³/mol. The van der Waals surface area contributed by atoms with Gasteiger partial charge in [0.25, 0.3) is 0 Å². The first-order valence-electron chi connectivity index (χ1n) is 10.2. The van der Waals surface area contributed by atoms with Crippen LogP contribution in [0.5, 0.6) is 0 Å². The summed E-state index contributed by atoms with van der Waals surface area (Å²) < 4.78 is 16.5. The molecule has 9 heteroatoms. The second-order valence-corrected chi connectivity index (χ2v) is 8.07. The Morgan fingerprint density at radius 3 is 2.88 bits per heavy atom. The molecule has 2 N–H and O–H groups in total. The number of benzene rings is 1. The van der Waals surface area contributed by atoms with E-state index in [-0.39, 0.29) is 0 Å². The van der Waals surface area contributed by atoms with Crippen molar-refractivity contribution < 1.29 is 4.39 Å². The summed E-state index contributed by atoms with van der Waals surface area (Å²) in [7, 11) is 0. The highest BCUT2D eigenvalue weighted by Crippen LogP contribution is 2.33. The Bertz CT molecular complexity index is 1470. The van der Waals surface area contributed by atoms with E-state index in [1.807, 2.05) is 35.3 Å². The van der Waals surface area contributed by atoms with E-state index in [0.717, 1.165) is 47.5 Å². The molecular weight excluding hydrogens is 429 g/mol. The lowest BCUT2D eigenvalue weighted by atomic mass is 10.0. The molecule has 1 aliphatic heterocycles. The first-order valence-corrected chi connectivity index (χ1v) is 10.6. The maximum absolute atomic E-state index is 14.5. The number of rotatable bonds is 3. The van der Waals surface area contributed by atoms with Crippen LogP contribution in [0.15, 0.2) is 55.0 Å². The molecule has 4 aromatic heterocycles. The maximum atomic E-state index is 14.5. The second-order valence-electron chi connectivity index (χ2n) is 7.64. The van der Waals surface area contributed by atoms with Gasteiger partial charge in [-0.05, 0) is 36.4 Å². The van der Waals surface area contributed by atoms with Crippen LogP contribution in [0.2, 0.25) is 5.02 Å². The van der Waals surface area contributed by atoms with Crippen LogP contribution in [0.3, 0.4) is 0 Å². The van der Waals surface area contributed by atoms with Crippen LogP contribution >= 0.6 is 11.6 Å². The molecule has 0 saturated carbocycles. The van der Waals surface area contributed by atoms with Crippen LogP contribution < -0.4 is 5.32 Å². The largest absolute Gasteiger partial charge is 0.309 e. The average Bonchev–Trinajstić information content (AvgIpc) is 3.47. The number of pyridine rings is 2. The van der Waals surface area contributed by atoms with Crippen molar-refractivity contribution in [1.82, 2.24) is 35.3 Å². The summed E-state index contributed by atoms with van der Waals surface area (Å²) in [4.78, 5) is 9.41. The number of hydrogen-bond donors (Lipinski definition) is 2. The second kappa shape index (κ2) is 7.51. The minimum Gasteiger partial charge on any atom is -0.309 e. The van der Waals surface area contributed by atoms with E-state index in [0.29, 0.717) is 27.5 Å².